The second-order valence-electron chi connectivity index (χ2n) is 4.55. The number of carbonyl (C=O) groups excluding carboxylic acids is 1. The van der Waals surface area contributed by atoms with E-state index >= 15 is 0 Å². The molecule has 0 unspecified atom stereocenters. The Bertz CT molecular complexity index is 367. The van der Waals surface area contributed by atoms with Crippen LogP contribution in [-0.4, -0.2) is 12.3 Å². The summed E-state index contributed by atoms with van der Waals surface area (Å²) in [7, 11) is 0. The molecule has 1 aromatic rings. The Hall–Kier alpha value is -1.15. The standard InChI is InChI=1S/C14H19NO/c15-10-14(16)13-9-5-4-8-12(13)11-6-2-1-3-7-11/h4-5,8-9,11H,1-3,6-7,10,15H2. The van der Waals surface area contributed by atoms with Gasteiger partial charge in [0.2, 0.25) is 0 Å². The maximum absolute atomic E-state index is 11.8. The van der Waals surface area contributed by atoms with Gasteiger partial charge in [0.1, 0.15) is 0 Å². The fourth-order valence-corrected chi connectivity index (χ4v) is 2.63. The first-order valence-corrected chi connectivity index (χ1v) is 6.15. The fraction of sp³-hybridized carbons (Fsp3) is 0.500. The van der Waals surface area contributed by atoms with Crippen molar-refractivity contribution in [1.29, 1.82) is 0 Å². The van der Waals surface area contributed by atoms with Gasteiger partial charge in [-0.1, -0.05) is 43.5 Å². The van der Waals surface area contributed by atoms with Crippen molar-refractivity contribution in [3.63, 3.8) is 0 Å². The van der Waals surface area contributed by atoms with Gasteiger partial charge in [0.25, 0.3) is 0 Å². The minimum Gasteiger partial charge on any atom is -0.324 e. The molecule has 0 bridgehead atoms. The second-order valence-corrected chi connectivity index (χ2v) is 4.55. The Kier molecular flexibility index (Phi) is 3.73. The maximum atomic E-state index is 11.8. The summed E-state index contributed by atoms with van der Waals surface area (Å²) in [4.78, 5) is 11.8. The van der Waals surface area contributed by atoms with Gasteiger partial charge in [-0.25, -0.2) is 0 Å². The van der Waals surface area contributed by atoms with Gasteiger partial charge in [-0.05, 0) is 24.3 Å². The number of nitrogens with two attached hydrogens (primary N) is 1. The van der Waals surface area contributed by atoms with E-state index in [4.69, 9.17) is 5.73 Å². The van der Waals surface area contributed by atoms with Gasteiger partial charge in [-0.15, -0.1) is 0 Å². The molecular weight excluding hydrogens is 198 g/mol. The number of carbonyl (C=O) groups is 1. The summed E-state index contributed by atoms with van der Waals surface area (Å²) in [6.07, 6.45) is 6.35. The topological polar surface area (TPSA) is 43.1 Å². The SMILES string of the molecule is NCC(=O)c1ccccc1C1CCCCC1. The largest absolute Gasteiger partial charge is 0.324 e. The van der Waals surface area contributed by atoms with Crippen LogP contribution in [0.15, 0.2) is 24.3 Å². The van der Waals surface area contributed by atoms with Crippen molar-refractivity contribution in [2.45, 2.75) is 38.0 Å². The minimum atomic E-state index is 0.0705. The molecule has 0 heterocycles. The molecule has 16 heavy (non-hydrogen) atoms. The highest BCUT2D eigenvalue weighted by atomic mass is 16.1. The summed E-state index contributed by atoms with van der Waals surface area (Å²) in [6.45, 7) is 0.115. The van der Waals surface area contributed by atoms with Crippen LogP contribution < -0.4 is 5.73 Å². The van der Waals surface area contributed by atoms with E-state index in [0.717, 1.165) is 5.56 Å². The number of benzene rings is 1. The Morgan fingerprint density at radius 3 is 2.56 bits per heavy atom. The molecule has 1 aromatic carbocycles. The summed E-state index contributed by atoms with van der Waals surface area (Å²) < 4.78 is 0. The first-order chi connectivity index (χ1) is 7.83. The van der Waals surface area contributed by atoms with Gasteiger partial charge in [0.15, 0.2) is 5.78 Å². The summed E-state index contributed by atoms with van der Waals surface area (Å²) in [5, 5.41) is 0. The van der Waals surface area contributed by atoms with E-state index in [0.29, 0.717) is 5.92 Å². The third-order valence-corrected chi connectivity index (χ3v) is 3.49. The minimum absolute atomic E-state index is 0.0705. The number of rotatable bonds is 3. The molecule has 0 saturated heterocycles. The molecule has 0 radical (unpaired) electrons. The van der Waals surface area contributed by atoms with Crippen LogP contribution in [0.5, 0.6) is 0 Å². The van der Waals surface area contributed by atoms with Gasteiger partial charge in [0, 0.05) is 5.56 Å². The molecule has 0 atom stereocenters. The van der Waals surface area contributed by atoms with Crippen molar-refractivity contribution in [2.75, 3.05) is 6.54 Å². The van der Waals surface area contributed by atoms with E-state index in [1.165, 1.54) is 37.7 Å². The molecule has 2 N–H and O–H groups in total. The zero-order chi connectivity index (χ0) is 11.4. The van der Waals surface area contributed by atoms with Crippen molar-refractivity contribution >= 4 is 5.78 Å². The van der Waals surface area contributed by atoms with Gasteiger partial charge >= 0.3 is 0 Å². The Morgan fingerprint density at radius 1 is 1.19 bits per heavy atom. The zero-order valence-corrected chi connectivity index (χ0v) is 9.61. The van der Waals surface area contributed by atoms with Crippen LogP contribution in [0.1, 0.15) is 53.9 Å². The van der Waals surface area contributed by atoms with Crippen LogP contribution in [0.3, 0.4) is 0 Å². The molecule has 86 valence electrons. The molecule has 0 aromatic heterocycles. The van der Waals surface area contributed by atoms with Gasteiger partial charge in [-0.2, -0.15) is 0 Å². The van der Waals surface area contributed by atoms with Crippen molar-refractivity contribution in [2.24, 2.45) is 5.73 Å². The van der Waals surface area contributed by atoms with Crippen molar-refractivity contribution in [3.8, 4) is 0 Å². The quantitative estimate of drug-likeness (QED) is 0.791. The molecule has 0 aliphatic heterocycles. The second kappa shape index (κ2) is 5.26. The van der Waals surface area contributed by atoms with Gasteiger partial charge < -0.3 is 5.73 Å². The average molecular weight is 217 g/mol. The monoisotopic (exact) mass is 217 g/mol. The predicted octanol–water partition coefficient (Wildman–Crippen LogP) is 2.88. The molecule has 1 saturated carbocycles. The summed E-state index contributed by atoms with van der Waals surface area (Å²) in [5.41, 5.74) is 7.52. The highest BCUT2D eigenvalue weighted by Crippen LogP contribution is 2.34. The third kappa shape index (κ3) is 2.33. The Labute approximate surface area is 96.8 Å². The van der Waals surface area contributed by atoms with Crippen LogP contribution in [0.25, 0.3) is 0 Å². The molecule has 0 spiro atoms. The lowest BCUT2D eigenvalue weighted by atomic mass is 9.81. The van der Waals surface area contributed by atoms with E-state index in [1.807, 2.05) is 18.2 Å². The highest BCUT2D eigenvalue weighted by molar-refractivity contribution is 5.99. The summed E-state index contributed by atoms with van der Waals surface area (Å²) >= 11 is 0. The van der Waals surface area contributed by atoms with Crippen LogP contribution in [0.2, 0.25) is 0 Å². The normalized spacial score (nSPS) is 17.3. The fourth-order valence-electron chi connectivity index (χ4n) is 2.63. The third-order valence-electron chi connectivity index (χ3n) is 3.49. The first kappa shape index (κ1) is 11.3. The van der Waals surface area contributed by atoms with Crippen molar-refractivity contribution in [3.05, 3.63) is 35.4 Å². The van der Waals surface area contributed by atoms with Crippen LogP contribution in [0, 0.1) is 0 Å². The van der Waals surface area contributed by atoms with E-state index in [1.54, 1.807) is 0 Å². The average Bonchev–Trinajstić information content (AvgIpc) is 2.39. The van der Waals surface area contributed by atoms with Crippen molar-refractivity contribution < 1.29 is 4.79 Å². The number of hydrogen-bond donors (Lipinski definition) is 1. The van der Waals surface area contributed by atoms with E-state index < -0.39 is 0 Å². The van der Waals surface area contributed by atoms with Gasteiger partial charge in [0.05, 0.1) is 6.54 Å². The smallest absolute Gasteiger partial charge is 0.176 e. The van der Waals surface area contributed by atoms with E-state index in [9.17, 15) is 4.79 Å². The molecule has 2 heteroatoms. The predicted molar refractivity (Wildman–Crippen MR) is 65.7 cm³/mol. The number of Topliss-reactive ketones (excluding diaryl/α,β-unsaturated/α-hetero) is 1. The Morgan fingerprint density at radius 2 is 1.88 bits per heavy atom. The molecular formula is C14H19NO. The highest BCUT2D eigenvalue weighted by Gasteiger charge is 2.20. The van der Waals surface area contributed by atoms with Crippen molar-refractivity contribution in [1.82, 2.24) is 0 Å². The Balaban J connectivity index is 2.28. The van der Waals surface area contributed by atoms with Crippen LogP contribution in [-0.2, 0) is 0 Å². The summed E-state index contributed by atoms with van der Waals surface area (Å²) in [6, 6.07) is 7.96. The lowest BCUT2D eigenvalue weighted by molar-refractivity contribution is 0.0999. The molecule has 0 amide bonds. The van der Waals surface area contributed by atoms with Crippen LogP contribution >= 0.6 is 0 Å². The molecule has 2 rings (SSSR count). The summed E-state index contributed by atoms with van der Waals surface area (Å²) in [5.74, 6) is 0.640. The molecule has 1 aliphatic rings. The molecule has 2 nitrogen and oxygen atoms in total. The lowest BCUT2D eigenvalue weighted by Gasteiger charge is -2.23. The van der Waals surface area contributed by atoms with E-state index in [2.05, 4.69) is 6.07 Å². The maximum Gasteiger partial charge on any atom is 0.176 e. The lowest BCUT2D eigenvalue weighted by Crippen LogP contribution is -2.17. The van der Waals surface area contributed by atoms with E-state index in [-0.39, 0.29) is 12.3 Å². The zero-order valence-electron chi connectivity index (χ0n) is 9.61. The van der Waals surface area contributed by atoms with Crippen LogP contribution in [0.4, 0.5) is 0 Å². The number of hydrogen-bond acceptors (Lipinski definition) is 2. The molecule has 1 fully saturated rings. The first-order valence-electron chi connectivity index (χ1n) is 6.15. The number of ketones is 1. The van der Waals surface area contributed by atoms with Gasteiger partial charge in [-0.3, -0.25) is 4.79 Å². The molecule has 1 aliphatic carbocycles.